The largest absolute Gasteiger partial charge is 0.466 e. The summed E-state index contributed by atoms with van der Waals surface area (Å²) < 4.78 is 5.37. The van der Waals surface area contributed by atoms with E-state index in [4.69, 9.17) is 4.74 Å². The summed E-state index contributed by atoms with van der Waals surface area (Å²) in [7, 11) is 0. The zero-order chi connectivity index (χ0) is 18.3. The molecule has 0 radical (unpaired) electrons. The monoisotopic (exact) mass is 352 g/mol. The standard InChI is InChI=1S/C21H24N2O3/c1-3-21(20(25)26-4-2)12-16-9-10-18(21)23(16)19(24)17-11-14-7-5-6-8-15(14)13-22-17/h5-8,11,13,16,18H,3-4,9-10,12H2,1-2H3/t16-,18+,21+/m1/s1. The van der Waals surface area contributed by atoms with Crippen LogP contribution < -0.4 is 0 Å². The highest BCUT2D eigenvalue weighted by molar-refractivity contribution is 5.97. The number of benzene rings is 1. The Hall–Kier alpha value is -2.43. The van der Waals surface area contributed by atoms with Crippen LogP contribution in [0, 0.1) is 5.41 Å². The number of rotatable bonds is 4. The lowest BCUT2D eigenvalue weighted by Crippen LogP contribution is -2.45. The van der Waals surface area contributed by atoms with Gasteiger partial charge in [-0.25, -0.2) is 0 Å². The highest BCUT2D eigenvalue weighted by Gasteiger charge is 2.61. The average molecular weight is 352 g/mol. The summed E-state index contributed by atoms with van der Waals surface area (Å²) in [4.78, 5) is 32.2. The maximum Gasteiger partial charge on any atom is 0.314 e. The van der Waals surface area contributed by atoms with Gasteiger partial charge in [0, 0.05) is 23.7 Å². The van der Waals surface area contributed by atoms with Gasteiger partial charge in [0.25, 0.3) is 5.91 Å². The number of pyridine rings is 1. The van der Waals surface area contributed by atoms with Crippen LogP contribution in [0.25, 0.3) is 10.8 Å². The zero-order valence-corrected chi connectivity index (χ0v) is 15.3. The van der Waals surface area contributed by atoms with Crippen molar-refractivity contribution in [3.63, 3.8) is 0 Å². The Balaban J connectivity index is 1.67. The SMILES string of the molecule is CCOC(=O)[C@@]1(CC)C[C@H]2CC[C@@H]1N2C(=O)c1cc2ccccc2cn1. The first-order chi connectivity index (χ1) is 12.6. The maximum absolute atomic E-state index is 13.2. The van der Waals surface area contributed by atoms with E-state index in [0.717, 1.165) is 23.6 Å². The van der Waals surface area contributed by atoms with Crippen molar-refractivity contribution in [2.75, 3.05) is 6.61 Å². The van der Waals surface area contributed by atoms with Crippen LogP contribution in [0.3, 0.4) is 0 Å². The smallest absolute Gasteiger partial charge is 0.314 e. The molecular formula is C21H24N2O3. The van der Waals surface area contributed by atoms with Gasteiger partial charge in [0.15, 0.2) is 0 Å². The zero-order valence-electron chi connectivity index (χ0n) is 15.3. The Bertz CT molecular complexity index is 865. The molecule has 1 aromatic carbocycles. The molecule has 4 rings (SSSR count). The van der Waals surface area contributed by atoms with Crippen LogP contribution in [0.4, 0.5) is 0 Å². The lowest BCUT2D eigenvalue weighted by molar-refractivity contribution is -0.157. The van der Waals surface area contributed by atoms with Gasteiger partial charge < -0.3 is 9.64 Å². The van der Waals surface area contributed by atoms with Gasteiger partial charge in [0.2, 0.25) is 0 Å². The molecule has 2 bridgehead atoms. The summed E-state index contributed by atoms with van der Waals surface area (Å²) in [6.07, 6.45) is 4.95. The average Bonchev–Trinajstić information content (AvgIpc) is 3.23. The van der Waals surface area contributed by atoms with Gasteiger partial charge in [-0.1, -0.05) is 31.2 Å². The van der Waals surface area contributed by atoms with E-state index >= 15 is 0 Å². The van der Waals surface area contributed by atoms with Crippen LogP contribution in [0.2, 0.25) is 0 Å². The van der Waals surface area contributed by atoms with Crippen LogP contribution in [0.1, 0.15) is 50.0 Å². The third kappa shape index (κ3) is 2.41. The molecule has 1 amide bonds. The van der Waals surface area contributed by atoms with Crippen molar-refractivity contribution in [2.24, 2.45) is 5.41 Å². The Morgan fingerprint density at radius 1 is 1.23 bits per heavy atom. The first-order valence-corrected chi connectivity index (χ1v) is 9.45. The van der Waals surface area contributed by atoms with E-state index in [-0.39, 0.29) is 24.0 Å². The van der Waals surface area contributed by atoms with E-state index in [2.05, 4.69) is 4.98 Å². The van der Waals surface area contributed by atoms with Gasteiger partial charge in [0.05, 0.1) is 12.0 Å². The minimum Gasteiger partial charge on any atom is -0.466 e. The molecular weight excluding hydrogens is 328 g/mol. The van der Waals surface area contributed by atoms with Crippen LogP contribution >= 0.6 is 0 Å². The van der Waals surface area contributed by atoms with Crippen LogP contribution in [0.5, 0.6) is 0 Å². The quantitative estimate of drug-likeness (QED) is 0.789. The lowest BCUT2D eigenvalue weighted by atomic mass is 9.72. The number of aromatic nitrogens is 1. The summed E-state index contributed by atoms with van der Waals surface area (Å²) in [6.45, 7) is 4.23. The molecule has 26 heavy (non-hydrogen) atoms. The Morgan fingerprint density at radius 2 is 2.00 bits per heavy atom. The third-order valence-corrected chi connectivity index (χ3v) is 6.14. The van der Waals surface area contributed by atoms with Gasteiger partial charge in [-0.2, -0.15) is 0 Å². The van der Waals surface area contributed by atoms with Crippen molar-refractivity contribution in [2.45, 2.75) is 51.6 Å². The molecule has 2 aliphatic heterocycles. The van der Waals surface area contributed by atoms with E-state index < -0.39 is 5.41 Å². The van der Waals surface area contributed by atoms with Crippen LogP contribution in [-0.2, 0) is 9.53 Å². The van der Waals surface area contributed by atoms with Crippen molar-refractivity contribution < 1.29 is 14.3 Å². The van der Waals surface area contributed by atoms with Gasteiger partial charge in [-0.15, -0.1) is 0 Å². The molecule has 3 heterocycles. The fraction of sp³-hybridized carbons (Fsp3) is 0.476. The number of hydrogen-bond acceptors (Lipinski definition) is 4. The Morgan fingerprint density at radius 3 is 2.73 bits per heavy atom. The molecule has 2 aromatic rings. The predicted octanol–water partition coefficient (Wildman–Crippen LogP) is 3.57. The highest BCUT2D eigenvalue weighted by atomic mass is 16.5. The first-order valence-electron chi connectivity index (χ1n) is 9.45. The number of fused-ring (bicyclic) bond motifs is 3. The fourth-order valence-electron chi connectivity index (χ4n) is 4.84. The second-order valence-electron chi connectivity index (χ2n) is 7.31. The van der Waals surface area contributed by atoms with Crippen molar-refractivity contribution >= 4 is 22.6 Å². The molecule has 5 nitrogen and oxygen atoms in total. The Labute approximate surface area is 153 Å². The number of hydrogen-bond donors (Lipinski definition) is 0. The first kappa shape index (κ1) is 17.0. The van der Waals surface area contributed by atoms with Gasteiger partial charge in [-0.3, -0.25) is 14.6 Å². The predicted molar refractivity (Wildman–Crippen MR) is 98.7 cm³/mol. The number of carbonyl (C=O) groups is 2. The summed E-state index contributed by atoms with van der Waals surface area (Å²) >= 11 is 0. The number of amides is 1. The summed E-state index contributed by atoms with van der Waals surface area (Å²) in [6, 6.07) is 9.76. The maximum atomic E-state index is 13.2. The topological polar surface area (TPSA) is 59.5 Å². The van der Waals surface area contributed by atoms with Crippen molar-refractivity contribution in [1.29, 1.82) is 0 Å². The number of nitrogens with zero attached hydrogens (tertiary/aromatic N) is 2. The normalized spacial score (nSPS) is 27.1. The second kappa shape index (κ2) is 6.38. The summed E-state index contributed by atoms with van der Waals surface area (Å²) in [5.41, 5.74) is -0.109. The molecule has 5 heteroatoms. The molecule has 0 saturated carbocycles. The third-order valence-electron chi connectivity index (χ3n) is 6.14. The minimum absolute atomic E-state index is 0.0668. The molecule has 136 valence electrons. The molecule has 2 fully saturated rings. The number of esters is 1. The van der Waals surface area contributed by atoms with Gasteiger partial charge >= 0.3 is 5.97 Å². The molecule has 0 N–H and O–H groups in total. The number of ether oxygens (including phenoxy) is 1. The molecule has 0 unspecified atom stereocenters. The molecule has 0 aliphatic carbocycles. The van der Waals surface area contributed by atoms with Crippen molar-refractivity contribution in [3.05, 3.63) is 42.2 Å². The molecule has 1 aromatic heterocycles. The van der Waals surface area contributed by atoms with E-state index in [1.807, 2.05) is 49.1 Å². The fourth-order valence-corrected chi connectivity index (χ4v) is 4.84. The molecule has 2 saturated heterocycles. The minimum atomic E-state index is -0.564. The molecule has 3 atom stereocenters. The van der Waals surface area contributed by atoms with Crippen molar-refractivity contribution in [1.82, 2.24) is 9.88 Å². The molecule has 2 aliphatic rings. The number of carbonyl (C=O) groups excluding carboxylic acids is 2. The highest BCUT2D eigenvalue weighted by Crippen LogP contribution is 2.52. The van der Waals surface area contributed by atoms with E-state index in [1.54, 1.807) is 6.20 Å². The van der Waals surface area contributed by atoms with Gasteiger partial charge in [-0.05, 0) is 44.1 Å². The van der Waals surface area contributed by atoms with Gasteiger partial charge in [0.1, 0.15) is 5.69 Å². The Kier molecular flexibility index (Phi) is 4.17. The lowest BCUT2D eigenvalue weighted by Gasteiger charge is -2.34. The summed E-state index contributed by atoms with van der Waals surface area (Å²) in [5.74, 6) is -0.221. The van der Waals surface area contributed by atoms with E-state index in [0.29, 0.717) is 25.1 Å². The van der Waals surface area contributed by atoms with E-state index in [9.17, 15) is 9.59 Å². The van der Waals surface area contributed by atoms with Crippen molar-refractivity contribution in [3.8, 4) is 0 Å². The summed E-state index contributed by atoms with van der Waals surface area (Å²) in [5, 5.41) is 2.02. The van der Waals surface area contributed by atoms with Crippen LogP contribution in [0.15, 0.2) is 36.5 Å². The van der Waals surface area contributed by atoms with E-state index in [1.165, 1.54) is 0 Å². The molecule has 0 spiro atoms. The second-order valence-corrected chi connectivity index (χ2v) is 7.31. The van der Waals surface area contributed by atoms with Crippen LogP contribution in [-0.4, -0.2) is 40.5 Å².